The normalized spacial score (nSPS) is 10.8. The number of hydrogen-bond donors (Lipinski definition) is 4. The Kier molecular flexibility index (Phi) is 9.52. The highest BCUT2D eigenvalue weighted by Gasteiger charge is 2.18. The molecule has 3 N–H and O–H groups in total. The lowest BCUT2D eigenvalue weighted by atomic mass is 10.2. The Balaban J connectivity index is 1.40. The summed E-state index contributed by atoms with van der Waals surface area (Å²) < 4.78 is 32.9. The summed E-state index contributed by atoms with van der Waals surface area (Å²) in [7, 11) is -4.03. The summed E-state index contributed by atoms with van der Waals surface area (Å²) in [4.78, 5) is 36.4. The summed E-state index contributed by atoms with van der Waals surface area (Å²) in [6.45, 7) is 2.18. The largest absolute Gasteiger partial charge is 0.462 e. The van der Waals surface area contributed by atoms with E-state index in [0.29, 0.717) is 12.1 Å². The van der Waals surface area contributed by atoms with E-state index in [-0.39, 0.29) is 29.3 Å². The zero-order chi connectivity index (χ0) is 26.8. The molecule has 10 nitrogen and oxygen atoms in total. The van der Waals surface area contributed by atoms with Gasteiger partial charge in [0.25, 0.3) is 10.0 Å². The average molecular weight is 543 g/mol. The SMILES string of the molecule is Cc1ccc(S(=O)(=O)NC(=O)Nc2ccc(C(=O)OCCCNC(=O)N(S)c3ccccc3)cc2)cc1. The van der Waals surface area contributed by atoms with Crippen molar-refractivity contribution in [3.05, 3.63) is 90.0 Å². The molecule has 12 heteroatoms. The average Bonchev–Trinajstić information content (AvgIpc) is 2.88. The fourth-order valence-electron chi connectivity index (χ4n) is 3.02. The molecule has 37 heavy (non-hydrogen) atoms. The molecule has 0 spiro atoms. The van der Waals surface area contributed by atoms with E-state index in [0.717, 1.165) is 5.56 Å². The fraction of sp³-hybridized carbons (Fsp3) is 0.160. The molecular formula is C25H26N4O6S2. The third-order valence-corrected chi connectivity index (χ3v) is 6.72. The van der Waals surface area contributed by atoms with Gasteiger partial charge in [0.15, 0.2) is 0 Å². The summed E-state index contributed by atoms with van der Waals surface area (Å²) in [5.41, 5.74) is 2.04. The van der Waals surface area contributed by atoms with Gasteiger partial charge in [-0.2, -0.15) is 0 Å². The van der Waals surface area contributed by atoms with E-state index in [9.17, 15) is 22.8 Å². The van der Waals surface area contributed by atoms with Crippen molar-refractivity contribution in [2.45, 2.75) is 18.2 Å². The van der Waals surface area contributed by atoms with Gasteiger partial charge in [0.2, 0.25) is 0 Å². The van der Waals surface area contributed by atoms with Gasteiger partial charge < -0.3 is 15.4 Å². The van der Waals surface area contributed by atoms with Crippen molar-refractivity contribution in [3.63, 3.8) is 0 Å². The number of rotatable bonds is 9. The second-order valence-corrected chi connectivity index (χ2v) is 9.90. The third-order valence-electron chi connectivity index (χ3n) is 4.96. The van der Waals surface area contributed by atoms with Gasteiger partial charge in [0.05, 0.1) is 22.8 Å². The summed E-state index contributed by atoms with van der Waals surface area (Å²) in [5, 5.41) is 5.08. The number of esters is 1. The van der Waals surface area contributed by atoms with Gasteiger partial charge in [-0.3, -0.25) is 0 Å². The minimum Gasteiger partial charge on any atom is -0.462 e. The number of thiol groups is 1. The van der Waals surface area contributed by atoms with Gasteiger partial charge in [-0.05, 0) is 61.9 Å². The first-order valence-electron chi connectivity index (χ1n) is 11.2. The Morgan fingerprint density at radius 2 is 1.57 bits per heavy atom. The highest BCUT2D eigenvalue weighted by atomic mass is 32.2. The number of benzene rings is 3. The molecule has 0 fully saturated rings. The number of nitrogens with one attached hydrogen (secondary N) is 3. The van der Waals surface area contributed by atoms with Crippen LogP contribution < -0.4 is 19.7 Å². The second-order valence-electron chi connectivity index (χ2n) is 7.82. The molecule has 3 rings (SSSR count). The molecule has 194 valence electrons. The number of carbonyl (C=O) groups is 3. The molecule has 0 saturated heterocycles. The van der Waals surface area contributed by atoms with Crippen molar-refractivity contribution in [1.82, 2.24) is 10.0 Å². The highest BCUT2D eigenvalue weighted by molar-refractivity contribution is 7.90. The number of amides is 4. The van der Waals surface area contributed by atoms with Crippen LogP contribution in [0.4, 0.5) is 21.0 Å². The first-order chi connectivity index (χ1) is 17.7. The Bertz CT molecular complexity index is 1330. The molecule has 0 saturated carbocycles. The minimum absolute atomic E-state index is 0.0370. The summed E-state index contributed by atoms with van der Waals surface area (Å²) in [6, 6.07) is 19.4. The fourth-order valence-corrected chi connectivity index (χ4v) is 4.13. The Morgan fingerprint density at radius 3 is 2.22 bits per heavy atom. The van der Waals surface area contributed by atoms with Crippen molar-refractivity contribution in [2.24, 2.45) is 0 Å². The van der Waals surface area contributed by atoms with Gasteiger partial charge in [-0.1, -0.05) is 48.7 Å². The number of hydrogen-bond acceptors (Lipinski definition) is 7. The van der Waals surface area contributed by atoms with Crippen molar-refractivity contribution in [1.29, 1.82) is 0 Å². The zero-order valence-corrected chi connectivity index (χ0v) is 21.6. The number of carbonyl (C=O) groups excluding carboxylic acids is 3. The maximum Gasteiger partial charge on any atom is 0.338 e. The maximum absolute atomic E-state index is 12.3. The quantitative estimate of drug-likeness (QED) is 0.183. The Morgan fingerprint density at radius 1 is 0.919 bits per heavy atom. The van der Waals surface area contributed by atoms with E-state index in [1.54, 1.807) is 36.4 Å². The molecule has 0 aliphatic heterocycles. The van der Waals surface area contributed by atoms with Gasteiger partial charge in [-0.25, -0.2) is 31.8 Å². The van der Waals surface area contributed by atoms with E-state index in [1.807, 2.05) is 17.7 Å². The topological polar surface area (TPSA) is 134 Å². The van der Waals surface area contributed by atoms with Crippen LogP contribution in [0.25, 0.3) is 0 Å². The third kappa shape index (κ3) is 8.26. The van der Waals surface area contributed by atoms with Crippen LogP contribution in [0, 0.1) is 6.92 Å². The number of urea groups is 2. The van der Waals surface area contributed by atoms with Gasteiger partial charge in [-0.15, -0.1) is 0 Å². The molecule has 0 radical (unpaired) electrons. The Labute approximate surface area is 220 Å². The molecular weight excluding hydrogens is 516 g/mol. The van der Waals surface area contributed by atoms with Gasteiger partial charge in [0, 0.05) is 12.2 Å². The highest BCUT2D eigenvalue weighted by Crippen LogP contribution is 2.15. The van der Waals surface area contributed by atoms with Crippen molar-refractivity contribution >= 4 is 52.2 Å². The summed E-state index contributed by atoms with van der Waals surface area (Å²) in [6.07, 6.45) is 0.392. The first-order valence-corrected chi connectivity index (χ1v) is 13.0. The van der Waals surface area contributed by atoms with E-state index < -0.39 is 28.1 Å². The number of anilines is 2. The molecule has 0 atom stereocenters. The summed E-state index contributed by atoms with van der Waals surface area (Å²) in [5.74, 6) is -0.579. The molecule has 0 aliphatic rings. The number of sulfonamides is 1. The van der Waals surface area contributed by atoms with Crippen molar-refractivity contribution in [3.8, 4) is 0 Å². The second kappa shape index (κ2) is 12.8. The number of ether oxygens (including phenoxy) is 1. The number of para-hydroxylation sites is 1. The molecule has 3 aromatic carbocycles. The van der Waals surface area contributed by atoms with Crippen LogP contribution >= 0.6 is 12.8 Å². The molecule has 0 aliphatic carbocycles. The van der Waals surface area contributed by atoms with Gasteiger partial charge in [0.1, 0.15) is 0 Å². The van der Waals surface area contributed by atoms with Crippen LogP contribution in [0.15, 0.2) is 83.8 Å². The molecule has 3 aromatic rings. The number of nitrogens with zero attached hydrogens (tertiary/aromatic N) is 1. The predicted octanol–water partition coefficient (Wildman–Crippen LogP) is 4.11. The van der Waals surface area contributed by atoms with E-state index in [2.05, 4.69) is 23.4 Å². The molecule has 4 amide bonds. The Hall–Kier alpha value is -4.03. The van der Waals surface area contributed by atoms with Crippen LogP contribution in [0.3, 0.4) is 0 Å². The van der Waals surface area contributed by atoms with Crippen LogP contribution in [0.1, 0.15) is 22.3 Å². The van der Waals surface area contributed by atoms with Crippen molar-refractivity contribution < 1.29 is 27.5 Å². The monoisotopic (exact) mass is 542 g/mol. The molecule has 0 aromatic heterocycles. The lowest BCUT2D eigenvalue weighted by molar-refractivity contribution is 0.0501. The molecule has 0 bridgehead atoms. The number of aryl methyl sites for hydroxylation is 1. The lowest BCUT2D eigenvalue weighted by Gasteiger charge is -2.16. The standard InChI is InChI=1S/C25H26N4O6S2/c1-18-8-14-22(15-9-18)37(33,34)28-24(31)27-20-12-10-19(11-13-20)23(30)35-17-5-16-26-25(32)29(36)21-6-3-2-4-7-21/h2-4,6-15,36H,5,16-17H2,1H3,(H,26,32)(H2,27,28,31). The first kappa shape index (κ1) is 27.6. The van der Waals surface area contributed by atoms with E-state index in [4.69, 9.17) is 4.74 Å². The summed E-state index contributed by atoms with van der Waals surface area (Å²) >= 11 is 4.16. The van der Waals surface area contributed by atoms with Crippen LogP contribution in [-0.2, 0) is 14.8 Å². The lowest BCUT2D eigenvalue weighted by Crippen LogP contribution is -2.35. The van der Waals surface area contributed by atoms with Gasteiger partial charge >= 0.3 is 18.0 Å². The minimum atomic E-state index is -4.03. The smallest absolute Gasteiger partial charge is 0.338 e. The molecule has 0 heterocycles. The van der Waals surface area contributed by atoms with E-state index in [1.165, 1.54) is 40.7 Å². The van der Waals surface area contributed by atoms with E-state index >= 15 is 0 Å². The predicted molar refractivity (Wildman–Crippen MR) is 143 cm³/mol. The van der Waals surface area contributed by atoms with Crippen LogP contribution in [0.5, 0.6) is 0 Å². The van der Waals surface area contributed by atoms with Crippen molar-refractivity contribution in [2.75, 3.05) is 22.8 Å². The molecule has 0 unspecified atom stereocenters. The maximum atomic E-state index is 12.3. The van der Waals surface area contributed by atoms with Crippen LogP contribution in [-0.4, -0.2) is 39.6 Å². The zero-order valence-electron chi connectivity index (χ0n) is 19.9. The van der Waals surface area contributed by atoms with Crippen LogP contribution in [0.2, 0.25) is 0 Å².